The van der Waals surface area contributed by atoms with Crippen molar-refractivity contribution in [3.05, 3.63) is 249 Å². The summed E-state index contributed by atoms with van der Waals surface area (Å²) in [4.78, 5) is 12.8. The van der Waals surface area contributed by atoms with Crippen molar-refractivity contribution in [1.29, 1.82) is 0 Å². The molecule has 0 amide bonds. The molecule has 0 radical (unpaired) electrons. The predicted octanol–water partition coefficient (Wildman–Crippen LogP) is 13.0. The molecule has 7 heterocycles. The van der Waals surface area contributed by atoms with Crippen LogP contribution in [0.2, 0.25) is 13.1 Å². The molecule has 4 aliphatic heterocycles. The maximum absolute atomic E-state index is 7.02. The van der Waals surface area contributed by atoms with Gasteiger partial charge in [0.05, 0.1) is 39.3 Å². The van der Waals surface area contributed by atoms with E-state index in [1.807, 2.05) is 6.20 Å². The molecule has 10 aromatic carbocycles. The van der Waals surface area contributed by atoms with Crippen LogP contribution in [0.4, 0.5) is 51.2 Å². The van der Waals surface area contributed by atoms with Crippen LogP contribution in [-0.2, 0) is 0 Å². The van der Waals surface area contributed by atoms with E-state index in [1.165, 1.54) is 49.3 Å². The second-order valence-electron chi connectivity index (χ2n) is 21.3. The molecule has 0 spiro atoms. The highest BCUT2D eigenvalue weighted by Crippen LogP contribution is 2.53. The lowest BCUT2D eigenvalue weighted by atomic mass is 9.31. The summed E-state index contributed by atoms with van der Waals surface area (Å²) in [6, 6.07) is 85.6. The molecule has 0 saturated carbocycles. The summed E-state index contributed by atoms with van der Waals surface area (Å²) < 4.78 is 13.8. The average molecular weight is 1020 g/mol. The van der Waals surface area contributed by atoms with Crippen molar-refractivity contribution in [3.63, 3.8) is 0 Å². The molecular formula is C68H46BN7OSi. The van der Waals surface area contributed by atoms with Crippen LogP contribution in [0, 0.1) is 6.33 Å². The molecule has 17 rings (SSSR count). The third kappa shape index (κ3) is 5.89. The number of nitrogens with zero attached hydrogens (tertiary/aromatic N) is 7. The lowest BCUT2D eigenvalue weighted by Gasteiger charge is -2.49. The van der Waals surface area contributed by atoms with Gasteiger partial charge in [-0.3, -0.25) is 13.7 Å². The number of hydrogen-bond donors (Lipinski definition) is 0. The van der Waals surface area contributed by atoms with E-state index in [0.717, 1.165) is 90.1 Å². The first-order valence-corrected chi connectivity index (χ1v) is 29.7. The Balaban J connectivity index is 0.889. The molecule has 0 N–H and O–H groups in total. The fourth-order valence-corrected chi connectivity index (χ4v) is 16.6. The minimum absolute atomic E-state index is 0.0643. The zero-order chi connectivity index (χ0) is 51.4. The molecule has 0 saturated heterocycles. The van der Waals surface area contributed by atoms with E-state index in [2.05, 4.69) is 284 Å². The summed E-state index contributed by atoms with van der Waals surface area (Å²) in [5.74, 6) is 1.50. The number of fused-ring (bicyclic) bond motifs is 6. The van der Waals surface area contributed by atoms with Gasteiger partial charge in [0.15, 0.2) is 0 Å². The van der Waals surface area contributed by atoms with Gasteiger partial charge in [-0.05, 0) is 142 Å². The van der Waals surface area contributed by atoms with E-state index in [9.17, 15) is 0 Å². The number of pyridine rings is 1. The van der Waals surface area contributed by atoms with Crippen molar-refractivity contribution >= 4 is 126 Å². The lowest BCUT2D eigenvalue weighted by molar-refractivity contribution is -0.572. The largest absolute Gasteiger partial charge is 0.458 e. The first kappa shape index (κ1) is 43.4. The highest BCUT2D eigenvalue weighted by Gasteiger charge is 2.50. The topological polar surface area (TPSA) is 45.6 Å². The Morgan fingerprint density at radius 3 is 1.73 bits per heavy atom. The van der Waals surface area contributed by atoms with Crippen molar-refractivity contribution in [2.75, 3.05) is 14.7 Å². The molecule has 366 valence electrons. The summed E-state index contributed by atoms with van der Waals surface area (Å²) in [6.07, 6.45) is 5.69. The Labute approximate surface area is 452 Å². The molecule has 10 heteroatoms. The molecule has 0 aliphatic carbocycles. The fourth-order valence-electron chi connectivity index (χ4n) is 13.6. The maximum Gasteiger partial charge on any atom is 0.269 e. The molecule has 3 aromatic heterocycles. The lowest BCUT2D eigenvalue weighted by Crippen LogP contribution is -2.64. The number of anilines is 9. The van der Waals surface area contributed by atoms with Crippen LogP contribution in [-0.4, -0.2) is 28.9 Å². The summed E-state index contributed by atoms with van der Waals surface area (Å²) in [5.41, 5.74) is 21.6. The van der Waals surface area contributed by atoms with Crippen molar-refractivity contribution < 1.29 is 9.30 Å². The van der Waals surface area contributed by atoms with Crippen LogP contribution in [0.5, 0.6) is 11.5 Å². The van der Waals surface area contributed by atoms with Gasteiger partial charge in [0, 0.05) is 68.5 Å². The standard InChI is InChI=1S/C68H46BN7OSi/c1-78(2)60-38-37-50(41-57(60)72-43-71(44-20-7-3-8-21-44)56-35-18-36-61(78)66(56)72)77-49-29-15-28-48(40-49)76-58-42-59-65-67(62(58)51-30-19-39-70-68(51)76)75(47-26-13-6-14-27-47)55-34-17-32-53-64(55)69(65)63-52(73(53)45-22-9-4-10-23-45)31-16-33-54(63)74(59)46-24-11-5-12-25-46/h3-42H,1-2H3. The Kier molecular flexibility index (Phi) is 8.93. The van der Waals surface area contributed by atoms with Crippen molar-refractivity contribution in [2.45, 2.75) is 13.1 Å². The number of rotatable bonds is 7. The molecular weight excluding hydrogens is 970 g/mol. The Morgan fingerprint density at radius 1 is 0.474 bits per heavy atom. The van der Waals surface area contributed by atoms with Gasteiger partial charge >= 0.3 is 0 Å². The first-order chi connectivity index (χ1) is 38.5. The predicted molar refractivity (Wildman–Crippen MR) is 321 cm³/mol. The van der Waals surface area contributed by atoms with Gasteiger partial charge in [-0.15, -0.1) is 0 Å². The average Bonchev–Trinajstić information content (AvgIpc) is 2.06. The van der Waals surface area contributed by atoms with E-state index < -0.39 is 8.07 Å². The van der Waals surface area contributed by atoms with E-state index in [0.29, 0.717) is 0 Å². The minimum atomic E-state index is -2.12. The maximum atomic E-state index is 7.02. The van der Waals surface area contributed by atoms with Crippen molar-refractivity contribution in [2.24, 2.45) is 0 Å². The number of aromatic nitrogens is 4. The zero-order valence-corrected chi connectivity index (χ0v) is 43.7. The van der Waals surface area contributed by atoms with Crippen LogP contribution in [0.1, 0.15) is 0 Å². The van der Waals surface area contributed by atoms with Crippen LogP contribution >= 0.6 is 0 Å². The quantitative estimate of drug-likeness (QED) is 0.0904. The van der Waals surface area contributed by atoms with Crippen LogP contribution in [0.25, 0.3) is 50.0 Å². The Bertz CT molecular complexity index is 4640. The van der Waals surface area contributed by atoms with Crippen LogP contribution < -0.4 is 50.8 Å². The van der Waals surface area contributed by atoms with Gasteiger partial charge in [0.25, 0.3) is 13.0 Å². The van der Waals surface area contributed by atoms with Crippen molar-refractivity contribution in [3.8, 4) is 28.6 Å². The zero-order valence-electron chi connectivity index (χ0n) is 42.7. The van der Waals surface area contributed by atoms with Crippen molar-refractivity contribution in [1.82, 2.24) is 14.1 Å². The monoisotopic (exact) mass is 1020 g/mol. The number of para-hydroxylation sites is 5. The number of imidazole rings is 1. The van der Waals surface area contributed by atoms with E-state index in [1.54, 1.807) is 0 Å². The van der Waals surface area contributed by atoms with E-state index >= 15 is 0 Å². The second-order valence-corrected chi connectivity index (χ2v) is 25.6. The molecule has 8 nitrogen and oxygen atoms in total. The molecule has 0 unspecified atom stereocenters. The third-order valence-electron chi connectivity index (χ3n) is 16.8. The Morgan fingerprint density at radius 2 is 1.05 bits per heavy atom. The van der Waals surface area contributed by atoms with Gasteiger partial charge in [0.1, 0.15) is 25.2 Å². The second kappa shape index (κ2) is 16.1. The Hall–Kier alpha value is -9.90. The smallest absolute Gasteiger partial charge is 0.269 e. The normalized spacial score (nSPS) is 14.0. The van der Waals surface area contributed by atoms with E-state index in [4.69, 9.17) is 9.72 Å². The summed E-state index contributed by atoms with van der Waals surface area (Å²) in [6.45, 7) is 4.85. The summed E-state index contributed by atoms with van der Waals surface area (Å²) in [7, 11) is -2.12. The molecule has 0 atom stereocenters. The SMILES string of the molecule is C[Si]1(C)c2ccc(Oc3cccc(-n4c5cc6c7c(c5c5cccnc54)N(c4ccccc4)c4cccc5c4B7c4c(cccc4N6c4ccccc4)N5c4ccccc4)c3)cc2-n2[c-][n+](-c3ccccc3)c3cccc1c32. The summed E-state index contributed by atoms with van der Waals surface area (Å²) in [5, 5.41) is 4.98. The van der Waals surface area contributed by atoms with Gasteiger partial charge in [-0.1, -0.05) is 128 Å². The number of ether oxygens (including phenoxy) is 1. The molecule has 4 aliphatic rings. The highest BCUT2D eigenvalue weighted by molar-refractivity contribution is 7.03. The van der Waals surface area contributed by atoms with E-state index in [-0.39, 0.29) is 6.71 Å². The molecule has 78 heavy (non-hydrogen) atoms. The van der Waals surface area contributed by atoms with Gasteiger partial charge < -0.3 is 19.4 Å². The molecule has 0 bridgehead atoms. The third-order valence-corrected chi connectivity index (χ3v) is 20.3. The first-order valence-electron chi connectivity index (χ1n) is 26.7. The van der Waals surface area contributed by atoms with Gasteiger partial charge in [-0.2, -0.15) is 0 Å². The fraction of sp³-hybridized carbons (Fsp3) is 0.0294. The number of hydrogen-bond acceptors (Lipinski definition) is 5. The number of benzene rings is 10. The molecule has 0 fully saturated rings. The van der Waals surface area contributed by atoms with Crippen LogP contribution in [0.3, 0.4) is 0 Å². The van der Waals surface area contributed by atoms with Gasteiger partial charge in [-0.25, -0.2) is 4.98 Å². The highest BCUT2D eigenvalue weighted by atomic mass is 28.3. The van der Waals surface area contributed by atoms with Crippen LogP contribution in [0.15, 0.2) is 243 Å². The minimum Gasteiger partial charge on any atom is -0.458 e. The van der Waals surface area contributed by atoms with Gasteiger partial charge in [0.2, 0.25) is 0 Å². The summed E-state index contributed by atoms with van der Waals surface area (Å²) >= 11 is 0. The molecule has 13 aromatic rings.